The molecular weight excluding hydrogens is 382 g/mol. The SMILES string of the molecule is CCCN1C(=O)CCc2cc(CS(=O)(=O)Cc3ccc(C)c(Cl)c3)ccc21. The predicted molar refractivity (Wildman–Crippen MR) is 110 cm³/mol. The molecule has 0 saturated heterocycles. The zero-order valence-corrected chi connectivity index (χ0v) is 17.2. The number of nitrogens with zero attached hydrogens (tertiary/aromatic N) is 1. The van der Waals surface area contributed by atoms with E-state index in [0.717, 1.165) is 28.8 Å². The Morgan fingerprint density at radius 3 is 2.37 bits per heavy atom. The van der Waals surface area contributed by atoms with Gasteiger partial charge < -0.3 is 4.90 Å². The number of carbonyl (C=O) groups is 1. The summed E-state index contributed by atoms with van der Waals surface area (Å²) < 4.78 is 25.3. The molecule has 144 valence electrons. The van der Waals surface area contributed by atoms with Crippen LogP contribution in [0.4, 0.5) is 5.69 Å². The Kier molecular flexibility index (Phi) is 5.92. The first-order valence-corrected chi connectivity index (χ1v) is 11.4. The van der Waals surface area contributed by atoms with Crippen LogP contribution < -0.4 is 4.90 Å². The molecule has 1 amide bonds. The first-order valence-electron chi connectivity index (χ1n) is 9.16. The van der Waals surface area contributed by atoms with Gasteiger partial charge in [0.05, 0.1) is 11.5 Å². The van der Waals surface area contributed by atoms with E-state index in [4.69, 9.17) is 11.6 Å². The Bertz CT molecular complexity index is 969. The lowest BCUT2D eigenvalue weighted by Gasteiger charge is -2.29. The number of carbonyl (C=O) groups excluding carboxylic acids is 1. The molecule has 0 unspecified atom stereocenters. The van der Waals surface area contributed by atoms with E-state index >= 15 is 0 Å². The number of amides is 1. The lowest BCUT2D eigenvalue weighted by Crippen LogP contribution is -2.35. The van der Waals surface area contributed by atoms with Gasteiger partial charge in [-0.25, -0.2) is 8.42 Å². The molecule has 0 atom stereocenters. The zero-order chi connectivity index (χ0) is 19.6. The van der Waals surface area contributed by atoms with E-state index in [1.54, 1.807) is 12.1 Å². The predicted octanol–water partition coefficient (Wildman–Crippen LogP) is 4.45. The maximum Gasteiger partial charge on any atom is 0.227 e. The average molecular weight is 406 g/mol. The second kappa shape index (κ2) is 8.03. The lowest BCUT2D eigenvalue weighted by molar-refractivity contribution is -0.118. The van der Waals surface area contributed by atoms with Crippen molar-refractivity contribution in [3.63, 3.8) is 0 Å². The van der Waals surface area contributed by atoms with Gasteiger partial charge in [-0.15, -0.1) is 0 Å². The molecule has 3 rings (SSSR count). The van der Waals surface area contributed by atoms with E-state index in [0.29, 0.717) is 30.0 Å². The van der Waals surface area contributed by atoms with Gasteiger partial charge in [0.1, 0.15) is 0 Å². The molecule has 0 aliphatic carbocycles. The fraction of sp³-hybridized carbons (Fsp3) is 0.381. The van der Waals surface area contributed by atoms with Crippen LogP contribution in [0.2, 0.25) is 5.02 Å². The minimum absolute atomic E-state index is 0.0203. The minimum atomic E-state index is -3.32. The first-order chi connectivity index (χ1) is 12.8. The van der Waals surface area contributed by atoms with E-state index in [1.165, 1.54) is 0 Å². The third-order valence-electron chi connectivity index (χ3n) is 4.80. The summed E-state index contributed by atoms with van der Waals surface area (Å²) in [5, 5.41) is 0.581. The Balaban J connectivity index is 1.79. The molecule has 1 aliphatic heterocycles. The van der Waals surface area contributed by atoms with Gasteiger partial charge in [-0.2, -0.15) is 0 Å². The number of halogens is 1. The average Bonchev–Trinajstić information content (AvgIpc) is 2.60. The normalized spacial score (nSPS) is 14.3. The van der Waals surface area contributed by atoms with E-state index in [9.17, 15) is 13.2 Å². The van der Waals surface area contributed by atoms with Crippen molar-refractivity contribution >= 4 is 33.0 Å². The summed E-state index contributed by atoms with van der Waals surface area (Å²) in [5.41, 5.74) is 4.36. The molecule has 0 saturated carbocycles. The molecule has 2 aromatic carbocycles. The van der Waals surface area contributed by atoms with Crippen molar-refractivity contribution in [2.75, 3.05) is 11.4 Å². The summed E-state index contributed by atoms with van der Waals surface area (Å²) >= 11 is 6.11. The highest BCUT2D eigenvalue weighted by Crippen LogP contribution is 2.30. The summed E-state index contributed by atoms with van der Waals surface area (Å²) in [6.45, 7) is 4.62. The summed E-state index contributed by atoms with van der Waals surface area (Å²) in [5.74, 6) is 0.0823. The molecule has 0 radical (unpaired) electrons. The van der Waals surface area contributed by atoms with Gasteiger partial charge in [0, 0.05) is 23.7 Å². The van der Waals surface area contributed by atoms with Crippen LogP contribution in [0.15, 0.2) is 36.4 Å². The number of fused-ring (bicyclic) bond motifs is 1. The molecule has 1 heterocycles. The van der Waals surface area contributed by atoms with E-state index in [2.05, 4.69) is 0 Å². The van der Waals surface area contributed by atoms with Gasteiger partial charge in [-0.05, 0) is 54.2 Å². The van der Waals surface area contributed by atoms with Crippen molar-refractivity contribution in [1.82, 2.24) is 0 Å². The van der Waals surface area contributed by atoms with Crippen LogP contribution >= 0.6 is 11.6 Å². The Hall–Kier alpha value is -1.85. The molecule has 6 heteroatoms. The molecule has 0 aromatic heterocycles. The minimum Gasteiger partial charge on any atom is -0.312 e. The topological polar surface area (TPSA) is 54.5 Å². The maximum absolute atomic E-state index is 12.6. The number of benzene rings is 2. The van der Waals surface area contributed by atoms with Gasteiger partial charge in [0.25, 0.3) is 0 Å². The number of hydrogen-bond donors (Lipinski definition) is 0. The first kappa shape index (κ1) is 19.9. The highest BCUT2D eigenvalue weighted by atomic mass is 35.5. The van der Waals surface area contributed by atoms with Crippen LogP contribution in [0, 0.1) is 6.92 Å². The Labute approximate surface area is 166 Å². The molecule has 0 N–H and O–H groups in total. The van der Waals surface area contributed by atoms with Gasteiger partial charge in [-0.1, -0.05) is 42.8 Å². The monoisotopic (exact) mass is 405 g/mol. The fourth-order valence-electron chi connectivity index (χ4n) is 3.46. The van der Waals surface area contributed by atoms with E-state index in [-0.39, 0.29) is 17.4 Å². The van der Waals surface area contributed by atoms with Crippen LogP contribution in [0.25, 0.3) is 0 Å². The Morgan fingerprint density at radius 2 is 1.70 bits per heavy atom. The fourth-order valence-corrected chi connectivity index (χ4v) is 5.14. The maximum atomic E-state index is 12.6. The van der Waals surface area contributed by atoms with Crippen LogP contribution in [0.3, 0.4) is 0 Å². The highest BCUT2D eigenvalue weighted by Gasteiger charge is 2.24. The second-order valence-corrected chi connectivity index (χ2v) is 9.60. The van der Waals surface area contributed by atoms with Gasteiger partial charge in [0.2, 0.25) is 5.91 Å². The summed E-state index contributed by atoms with van der Waals surface area (Å²) in [7, 11) is -3.32. The van der Waals surface area contributed by atoms with Gasteiger partial charge in [-0.3, -0.25) is 4.79 Å². The largest absolute Gasteiger partial charge is 0.312 e. The van der Waals surface area contributed by atoms with E-state index < -0.39 is 9.84 Å². The lowest BCUT2D eigenvalue weighted by atomic mass is 9.99. The molecule has 0 bridgehead atoms. The van der Waals surface area contributed by atoms with Gasteiger partial charge >= 0.3 is 0 Å². The van der Waals surface area contributed by atoms with Gasteiger partial charge in [0.15, 0.2) is 9.84 Å². The number of aryl methyl sites for hydroxylation is 2. The molecule has 2 aromatic rings. The number of hydrogen-bond acceptors (Lipinski definition) is 3. The molecule has 4 nitrogen and oxygen atoms in total. The quantitative estimate of drug-likeness (QED) is 0.713. The van der Waals surface area contributed by atoms with Crippen LogP contribution in [-0.2, 0) is 32.6 Å². The van der Waals surface area contributed by atoms with Crippen molar-refractivity contribution in [2.24, 2.45) is 0 Å². The summed E-state index contributed by atoms with van der Waals surface area (Å²) in [6.07, 6.45) is 2.03. The molecule has 0 fully saturated rings. The third-order valence-corrected chi connectivity index (χ3v) is 6.75. The number of rotatable bonds is 6. The second-order valence-electron chi connectivity index (χ2n) is 7.12. The molecule has 1 aliphatic rings. The number of anilines is 1. The smallest absolute Gasteiger partial charge is 0.227 e. The standard InChI is InChI=1S/C21H24ClNO3S/c1-3-10-23-20-8-6-16(11-18(20)7-9-21(23)24)13-27(25,26)14-17-5-4-15(2)19(22)12-17/h4-6,8,11-12H,3,7,9-10,13-14H2,1-2H3. The zero-order valence-electron chi connectivity index (χ0n) is 15.7. The van der Waals surface area contributed by atoms with Crippen molar-refractivity contribution in [3.8, 4) is 0 Å². The summed E-state index contributed by atoms with van der Waals surface area (Å²) in [6, 6.07) is 11.0. The number of sulfone groups is 1. The van der Waals surface area contributed by atoms with Crippen LogP contribution in [0.1, 0.15) is 42.0 Å². The van der Waals surface area contributed by atoms with Crippen molar-refractivity contribution in [1.29, 1.82) is 0 Å². The third kappa shape index (κ3) is 4.71. The van der Waals surface area contributed by atoms with Crippen molar-refractivity contribution in [3.05, 3.63) is 63.7 Å². The van der Waals surface area contributed by atoms with Crippen molar-refractivity contribution < 1.29 is 13.2 Å². The van der Waals surface area contributed by atoms with Crippen LogP contribution in [0.5, 0.6) is 0 Å². The molecule has 27 heavy (non-hydrogen) atoms. The van der Waals surface area contributed by atoms with E-state index in [1.807, 2.05) is 43.0 Å². The summed E-state index contributed by atoms with van der Waals surface area (Å²) in [4.78, 5) is 13.9. The molecular formula is C21H24ClNO3S. The Morgan fingerprint density at radius 1 is 1.04 bits per heavy atom. The molecule has 0 spiro atoms. The van der Waals surface area contributed by atoms with Crippen molar-refractivity contribution in [2.45, 2.75) is 44.6 Å². The van der Waals surface area contributed by atoms with Crippen LogP contribution in [-0.4, -0.2) is 20.9 Å². The highest BCUT2D eigenvalue weighted by molar-refractivity contribution is 7.89.